The lowest BCUT2D eigenvalue weighted by Crippen LogP contribution is -2.50. The molecule has 4 nitrogen and oxygen atoms in total. The predicted molar refractivity (Wildman–Crippen MR) is 126 cm³/mol. The number of methoxy groups -OCH3 is 1. The van der Waals surface area contributed by atoms with Crippen LogP contribution in [0.15, 0.2) is 22.7 Å². The van der Waals surface area contributed by atoms with Gasteiger partial charge in [-0.1, -0.05) is 31.7 Å². The van der Waals surface area contributed by atoms with Crippen LogP contribution in [0.3, 0.4) is 0 Å². The summed E-state index contributed by atoms with van der Waals surface area (Å²) in [5, 5.41) is 11.7. The van der Waals surface area contributed by atoms with Crippen LogP contribution in [-0.2, 0) is 0 Å². The third-order valence-corrected chi connectivity index (χ3v) is 8.47. The highest BCUT2D eigenvalue weighted by Crippen LogP contribution is 2.42. The van der Waals surface area contributed by atoms with Gasteiger partial charge in [0.15, 0.2) is 0 Å². The van der Waals surface area contributed by atoms with Crippen LogP contribution in [0, 0.1) is 0 Å². The number of piperidine rings is 2. The minimum atomic E-state index is -0.587. The molecule has 5 heteroatoms. The average molecular weight is 480 g/mol. The van der Waals surface area contributed by atoms with Crippen LogP contribution >= 0.6 is 15.9 Å². The number of rotatable bonds is 6. The lowest BCUT2D eigenvalue weighted by molar-refractivity contribution is -0.0343. The maximum absolute atomic E-state index is 11.7. The Hall–Kier alpha value is -0.620. The second-order valence-corrected chi connectivity index (χ2v) is 10.6. The van der Waals surface area contributed by atoms with Gasteiger partial charge in [-0.3, -0.25) is 0 Å². The van der Waals surface area contributed by atoms with Crippen LogP contribution < -0.4 is 4.74 Å². The van der Waals surface area contributed by atoms with Crippen LogP contribution in [0.5, 0.6) is 5.75 Å². The minimum absolute atomic E-state index is 0.159. The van der Waals surface area contributed by atoms with Gasteiger partial charge in [-0.15, -0.1) is 0 Å². The Morgan fingerprint density at radius 3 is 2.33 bits per heavy atom. The molecule has 168 valence electrons. The molecule has 0 radical (unpaired) electrons. The highest BCUT2D eigenvalue weighted by Gasteiger charge is 2.40. The predicted octanol–water partition coefficient (Wildman–Crippen LogP) is 5.19. The molecule has 0 amide bonds. The lowest BCUT2D eigenvalue weighted by atomic mass is 9.72. The Morgan fingerprint density at radius 1 is 1.03 bits per heavy atom. The molecule has 1 unspecified atom stereocenters. The van der Waals surface area contributed by atoms with Gasteiger partial charge in [-0.2, -0.15) is 0 Å². The summed E-state index contributed by atoms with van der Waals surface area (Å²) >= 11 is 3.67. The molecule has 3 fully saturated rings. The van der Waals surface area contributed by atoms with Gasteiger partial charge in [-0.25, -0.2) is 0 Å². The van der Waals surface area contributed by atoms with Gasteiger partial charge in [0.05, 0.1) is 17.2 Å². The van der Waals surface area contributed by atoms with Crippen molar-refractivity contribution in [2.75, 3.05) is 39.8 Å². The van der Waals surface area contributed by atoms with Gasteiger partial charge in [0.25, 0.3) is 0 Å². The van der Waals surface area contributed by atoms with E-state index in [9.17, 15) is 5.11 Å². The van der Waals surface area contributed by atoms with Crippen molar-refractivity contribution < 1.29 is 9.84 Å². The Bertz CT molecular complexity index is 678. The van der Waals surface area contributed by atoms with Crippen molar-refractivity contribution >= 4 is 15.9 Å². The molecule has 1 aliphatic carbocycles. The summed E-state index contributed by atoms with van der Waals surface area (Å²) in [7, 11) is 1.71. The maximum atomic E-state index is 11.7. The van der Waals surface area contributed by atoms with E-state index >= 15 is 0 Å². The van der Waals surface area contributed by atoms with E-state index in [4.69, 9.17) is 4.74 Å². The first-order valence-corrected chi connectivity index (χ1v) is 12.9. The third-order valence-electron chi connectivity index (χ3n) is 7.85. The molecule has 0 bridgehead atoms. The van der Waals surface area contributed by atoms with Crippen LogP contribution in [0.25, 0.3) is 0 Å². The van der Waals surface area contributed by atoms with Crippen molar-refractivity contribution in [3.8, 4) is 5.75 Å². The molecule has 1 N–H and O–H groups in total. The molecule has 1 atom stereocenters. The second-order valence-electron chi connectivity index (χ2n) is 9.74. The van der Waals surface area contributed by atoms with Gasteiger partial charge in [0.2, 0.25) is 0 Å². The topological polar surface area (TPSA) is 35.9 Å². The summed E-state index contributed by atoms with van der Waals surface area (Å²) in [5.41, 5.74) is 0.654. The molecule has 1 saturated carbocycles. The largest absolute Gasteiger partial charge is 0.496 e. The normalized spacial score (nSPS) is 25.2. The van der Waals surface area contributed by atoms with Gasteiger partial charge >= 0.3 is 0 Å². The Morgan fingerprint density at radius 2 is 1.70 bits per heavy atom. The van der Waals surface area contributed by atoms with Crippen LogP contribution in [0.2, 0.25) is 0 Å². The van der Waals surface area contributed by atoms with Gasteiger partial charge in [0.1, 0.15) is 5.75 Å². The minimum Gasteiger partial charge on any atom is -0.496 e. The molecule has 0 spiro atoms. The van der Waals surface area contributed by atoms with E-state index in [1.165, 1.54) is 57.2 Å². The lowest BCUT2D eigenvalue weighted by Gasteiger charge is -2.45. The van der Waals surface area contributed by atoms with E-state index in [0.717, 1.165) is 61.6 Å². The molecule has 1 aromatic carbocycles. The van der Waals surface area contributed by atoms with E-state index in [0.29, 0.717) is 0 Å². The van der Waals surface area contributed by atoms with Crippen molar-refractivity contribution in [1.82, 2.24) is 9.80 Å². The molecule has 30 heavy (non-hydrogen) atoms. The zero-order valence-corrected chi connectivity index (χ0v) is 20.2. The fourth-order valence-electron chi connectivity index (χ4n) is 6.01. The zero-order chi connectivity index (χ0) is 21.0. The molecular weight excluding hydrogens is 440 g/mol. The quantitative estimate of drug-likeness (QED) is 0.610. The maximum Gasteiger partial charge on any atom is 0.133 e. The van der Waals surface area contributed by atoms with Crippen LogP contribution in [-0.4, -0.2) is 66.4 Å². The highest BCUT2D eigenvalue weighted by molar-refractivity contribution is 9.10. The van der Waals surface area contributed by atoms with E-state index in [1.54, 1.807) is 7.11 Å². The summed E-state index contributed by atoms with van der Waals surface area (Å²) in [6.07, 6.45) is 12.1. The van der Waals surface area contributed by atoms with Crippen molar-refractivity contribution in [1.29, 1.82) is 0 Å². The summed E-state index contributed by atoms with van der Waals surface area (Å²) in [5.74, 6) is 1.02. The van der Waals surface area contributed by atoms with Gasteiger partial charge in [0, 0.05) is 18.5 Å². The molecule has 0 aromatic heterocycles. The molecule has 2 saturated heterocycles. The first-order valence-electron chi connectivity index (χ1n) is 12.1. The molecule has 3 aliphatic rings. The average Bonchev–Trinajstić information content (AvgIpc) is 2.79. The van der Waals surface area contributed by atoms with E-state index in [2.05, 4.69) is 37.9 Å². The fourth-order valence-corrected chi connectivity index (χ4v) is 6.56. The summed E-state index contributed by atoms with van der Waals surface area (Å²) in [6, 6.07) is 7.16. The molecule has 4 rings (SSSR count). The number of hydrogen-bond acceptors (Lipinski definition) is 4. The summed E-state index contributed by atoms with van der Waals surface area (Å²) < 4.78 is 6.43. The number of likely N-dealkylation sites (tertiary alicyclic amines) is 2. The number of benzene rings is 1. The van der Waals surface area contributed by atoms with Crippen molar-refractivity contribution in [3.05, 3.63) is 28.2 Å². The smallest absolute Gasteiger partial charge is 0.133 e. The van der Waals surface area contributed by atoms with E-state index in [1.807, 2.05) is 6.07 Å². The molecule has 2 aliphatic heterocycles. The first-order chi connectivity index (χ1) is 14.6. The molecular formula is C25H39BrN2O2. The van der Waals surface area contributed by atoms with E-state index in [-0.39, 0.29) is 5.92 Å². The second kappa shape index (κ2) is 10.3. The standard InChI is InChI=1S/C25H39BrN2O2/c1-30-24-9-8-20(18-23(24)26)22(25(29)12-4-2-5-13-25)19-27-16-10-21(11-17-27)28-14-6-3-7-15-28/h8-9,18,21-22,29H,2-7,10-17,19H2,1H3. The Balaban J connectivity index is 1.46. The van der Waals surface area contributed by atoms with Crippen molar-refractivity contribution in [2.45, 2.75) is 81.8 Å². The highest BCUT2D eigenvalue weighted by atomic mass is 79.9. The monoisotopic (exact) mass is 478 g/mol. The van der Waals surface area contributed by atoms with Crippen LogP contribution in [0.4, 0.5) is 0 Å². The first kappa shape index (κ1) is 22.6. The summed E-state index contributed by atoms with van der Waals surface area (Å²) in [4.78, 5) is 5.36. The Labute approximate surface area is 191 Å². The molecule has 2 heterocycles. The van der Waals surface area contributed by atoms with Gasteiger partial charge < -0.3 is 19.6 Å². The van der Waals surface area contributed by atoms with E-state index < -0.39 is 5.60 Å². The van der Waals surface area contributed by atoms with Crippen molar-refractivity contribution in [2.24, 2.45) is 0 Å². The summed E-state index contributed by atoms with van der Waals surface area (Å²) in [6.45, 7) is 5.87. The SMILES string of the molecule is COc1ccc(C(CN2CCC(N3CCCCC3)CC2)C2(O)CCCCC2)cc1Br. The van der Waals surface area contributed by atoms with Crippen LogP contribution in [0.1, 0.15) is 75.7 Å². The van der Waals surface area contributed by atoms with Gasteiger partial charge in [-0.05, 0) is 98.3 Å². The number of halogens is 1. The number of hydrogen-bond donors (Lipinski definition) is 1. The number of nitrogens with zero attached hydrogens (tertiary/aromatic N) is 2. The number of ether oxygens (including phenoxy) is 1. The third kappa shape index (κ3) is 5.23. The molecule has 1 aromatic rings. The van der Waals surface area contributed by atoms with Crippen molar-refractivity contribution in [3.63, 3.8) is 0 Å². The number of aliphatic hydroxyl groups is 1. The Kier molecular flexibility index (Phi) is 7.77. The fraction of sp³-hybridized carbons (Fsp3) is 0.760. The zero-order valence-electron chi connectivity index (χ0n) is 18.6.